The summed E-state index contributed by atoms with van der Waals surface area (Å²) in [5.41, 5.74) is 6.22. The number of nitrogens with zero attached hydrogens (tertiary/aromatic N) is 2. The van der Waals surface area contributed by atoms with Crippen molar-refractivity contribution in [1.29, 1.82) is 5.41 Å². The molecule has 4 rings (SSSR count). The Labute approximate surface area is 190 Å². The van der Waals surface area contributed by atoms with E-state index in [4.69, 9.17) is 11.1 Å². The van der Waals surface area contributed by atoms with E-state index >= 15 is 0 Å². The second-order valence-corrected chi connectivity index (χ2v) is 7.25. The molecule has 0 bridgehead atoms. The number of fused-ring (bicyclic) bond motifs is 1. The van der Waals surface area contributed by atoms with Gasteiger partial charge in [-0.25, -0.2) is 9.37 Å². The van der Waals surface area contributed by atoms with Crippen molar-refractivity contribution in [2.75, 3.05) is 5.32 Å². The second-order valence-electron chi connectivity index (χ2n) is 7.25. The predicted octanol–water partition coefficient (Wildman–Crippen LogP) is 5.36. The maximum atomic E-state index is 14.9. The highest BCUT2D eigenvalue weighted by atomic mass is 19.4. The van der Waals surface area contributed by atoms with E-state index in [9.17, 15) is 22.4 Å². The summed E-state index contributed by atoms with van der Waals surface area (Å²) in [6.07, 6.45) is 0.916. The number of hydrogen-bond donors (Lipinski definition) is 3. The van der Waals surface area contributed by atoms with Crippen LogP contribution in [-0.4, -0.2) is 21.5 Å². The summed E-state index contributed by atoms with van der Waals surface area (Å²) >= 11 is 0. The first kappa shape index (κ1) is 22.7. The van der Waals surface area contributed by atoms with Gasteiger partial charge in [-0.15, -0.1) is 0 Å². The Morgan fingerprint density at radius 2 is 1.88 bits per heavy atom. The molecule has 34 heavy (non-hydrogen) atoms. The minimum Gasteiger partial charge on any atom is -0.404 e. The minimum atomic E-state index is -4.68. The first-order valence-electron chi connectivity index (χ1n) is 9.90. The van der Waals surface area contributed by atoms with Crippen LogP contribution in [0.3, 0.4) is 0 Å². The van der Waals surface area contributed by atoms with Gasteiger partial charge in [-0.3, -0.25) is 9.20 Å². The molecule has 4 aromatic rings. The zero-order valence-electron chi connectivity index (χ0n) is 17.4. The van der Waals surface area contributed by atoms with Crippen LogP contribution in [-0.2, 0) is 6.18 Å². The molecule has 0 spiro atoms. The Balaban J connectivity index is 1.67. The van der Waals surface area contributed by atoms with Crippen LogP contribution in [0, 0.1) is 11.2 Å². The molecule has 0 aliphatic heterocycles. The number of halogens is 4. The summed E-state index contributed by atoms with van der Waals surface area (Å²) in [4.78, 5) is 16.8. The first-order chi connectivity index (χ1) is 16.2. The predicted molar refractivity (Wildman–Crippen MR) is 121 cm³/mol. The highest BCUT2D eigenvalue weighted by Crippen LogP contribution is 2.35. The standard InChI is InChI=1S/C24H17F4N5O/c25-19-9-14(21-12-31-22-8-6-15(13-33(21)22)16(10-29)11-30)5-7-17(19)23(34)32-20-4-2-1-3-18(20)24(26,27)28/h1-13,29H,30H2,(H,32,34). The lowest BCUT2D eigenvalue weighted by Crippen LogP contribution is -2.17. The second kappa shape index (κ2) is 8.81. The van der Waals surface area contributed by atoms with Crippen LogP contribution in [0.15, 0.2) is 73.2 Å². The smallest absolute Gasteiger partial charge is 0.404 e. The zero-order chi connectivity index (χ0) is 24.5. The number of hydrogen-bond acceptors (Lipinski definition) is 4. The van der Waals surface area contributed by atoms with Crippen LogP contribution in [0.2, 0.25) is 0 Å². The largest absolute Gasteiger partial charge is 0.418 e. The molecule has 172 valence electrons. The molecular formula is C24H17F4N5O. The maximum Gasteiger partial charge on any atom is 0.418 e. The quantitative estimate of drug-likeness (QED) is 0.272. The lowest BCUT2D eigenvalue weighted by atomic mass is 10.1. The van der Waals surface area contributed by atoms with Gasteiger partial charge in [0.15, 0.2) is 0 Å². The fourth-order valence-electron chi connectivity index (χ4n) is 3.48. The van der Waals surface area contributed by atoms with E-state index in [0.29, 0.717) is 28.0 Å². The molecule has 2 heterocycles. The van der Waals surface area contributed by atoms with E-state index in [1.165, 1.54) is 36.7 Å². The average Bonchev–Trinajstić information content (AvgIpc) is 3.23. The normalized spacial score (nSPS) is 12.1. The van der Waals surface area contributed by atoms with Crippen LogP contribution in [0.1, 0.15) is 21.5 Å². The molecule has 2 aromatic heterocycles. The van der Waals surface area contributed by atoms with Crippen molar-refractivity contribution in [2.45, 2.75) is 6.18 Å². The molecule has 0 radical (unpaired) electrons. The van der Waals surface area contributed by atoms with Gasteiger partial charge < -0.3 is 16.5 Å². The van der Waals surface area contributed by atoms with Gasteiger partial charge in [0.1, 0.15) is 11.5 Å². The first-order valence-corrected chi connectivity index (χ1v) is 9.90. The van der Waals surface area contributed by atoms with Gasteiger partial charge in [-0.05, 0) is 36.4 Å². The van der Waals surface area contributed by atoms with Crippen molar-refractivity contribution in [3.05, 3.63) is 95.7 Å². The maximum absolute atomic E-state index is 14.9. The Morgan fingerprint density at radius 3 is 2.56 bits per heavy atom. The van der Waals surface area contributed by atoms with Gasteiger partial charge in [0, 0.05) is 35.3 Å². The van der Waals surface area contributed by atoms with Gasteiger partial charge in [0.05, 0.1) is 28.7 Å². The number of para-hydroxylation sites is 1. The van der Waals surface area contributed by atoms with Gasteiger partial charge in [-0.2, -0.15) is 13.2 Å². The van der Waals surface area contributed by atoms with Crippen LogP contribution >= 0.6 is 0 Å². The van der Waals surface area contributed by atoms with E-state index in [1.807, 2.05) is 0 Å². The molecule has 0 fully saturated rings. The van der Waals surface area contributed by atoms with E-state index in [1.54, 1.807) is 22.7 Å². The molecule has 6 nitrogen and oxygen atoms in total. The molecule has 1 amide bonds. The molecule has 2 aromatic carbocycles. The molecule has 10 heteroatoms. The molecule has 0 unspecified atom stereocenters. The number of carbonyl (C=O) groups excluding carboxylic acids is 1. The van der Waals surface area contributed by atoms with Crippen molar-refractivity contribution >= 4 is 29.0 Å². The van der Waals surface area contributed by atoms with E-state index < -0.39 is 34.7 Å². The summed E-state index contributed by atoms with van der Waals surface area (Å²) in [6, 6.07) is 11.7. The molecule has 0 saturated heterocycles. The number of carbonyl (C=O) groups is 1. The Kier molecular flexibility index (Phi) is 5.89. The highest BCUT2D eigenvalue weighted by Gasteiger charge is 2.33. The lowest BCUT2D eigenvalue weighted by molar-refractivity contribution is -0.136. The summed E-state index contributed by atoms with van der Waals surface area (Å²) in [7, 11) is 0. The van der Waals surface area contributed by atoms with Crippen LogP contribution in [0.5, 0.6) is 0 Å². The van der Waals surface area contributed by atoms with E-state index in [0.717, 1.165) is 24.4 Å². The molecule has 0 aliphatic carbocycles. The lowest BCUT2D eigenvalue weighted by Gasteiger charge is -2.14. The Hall–Kier alpha value is -4.47. The van der Waals surface area contributed by atoms with Gasteiger partial charge in [0.2, 0.25) is 0 Å². The molecule has 4 N–H and O–H groups in total. The van der Waals surface area contributed by atoms with Crippen molar-refractivity contribution in [3.63, 3.8) is 0 Å². The van der Waals surface area contributed by atoms with Crippen molar-refractivity contribution in [1.82, 2.24) is 9.38 Å². The summed E-state index contributed by atoms with van der Waals surface area (Å²) in [6.45, 7) is 0. The molecule has 0 aliphatic rings. The number of benzene rings is 2. The van der Waals surface area contributed by atoms with Crippen LogP contribution < -0.4 is 11.1 Å². The number of nitrogens with one attached hydrogen (secondary N) is 2. The third kappa shape index (κ3) is 4.25. The number of imidazole rings is 1. The molecule has 0 saturated carbocycles. The highest BCUT2D eigenvalue weighted by molar-refractivity contribution is 6.08. The minimum absolute atomic E-state index is 0.391. The summed E-state index contributed by atoms with van der Waals surface area (Å²) < 4.78 is 56.1. The van der Waals surface area contributed by atoms with Gasteiger partial charge in [-0.1, -0.05) is 18.2 Å². The number of amides is 1. The van der Waals surface area contributed by atoms with E-state index in [2.05, 4.69) is 10.3 Å². The topological polar surface area (TPSA) is 96.3 Å². The van der Waals surface area contributed by atoms with Crippen LogP contribution in [0.25, 0.3) is 22.5 Å². The van der Waals surface area contributed by atoms with Crippen molar-refractivity contribution in [2.24, 2.45) is 5.73 Å². The number of alkyl halides is 3. The SMILES string of the molecule is N=CC(=CN)c1ccc2ncc(-c3ccc(C(=O)Nc4ccccc4C(F)(F)F)c(F)c3)n2c1. The molecular weight excluding hydrogens is 450 g/mol. The Bertz CT molecular complexity index is 1440. The number of rotatable bonds is 5. The Morgan fingerprint density at radius 1 is 1.12 bits per heavy atom. The average molecular weight is 467 g/mol. The van der Waals surface area contributed by atoms with Gasteiger partial charge >= 0.3 is 6.18 Å². The third-order valence-corrected chi connectivity index (χ3v) is 5.16. The number of allylic oxidation sites excluding steroid dienone is 1. The summed E-state index contributed by atoms with van der Waals surface area (Å²) in [5.74, 6) is -1.92. The third-order valence-electron chi connectivity index (χ3n) is 5.16. The summed E-state index contributed by atoms with van der Waals surface area (Å²) in [5, 5.41) is 9.59. The van der Waals surface area contributed by atoms with Crippen LogP contribution in [0.4, 0.5) is 23.2 Å². The zero-order valence-corrected chi connectivity index (χ0v) is 17.4. The van der Waals surface area contributed by atoms with Crippen molar-refractivity contribution < 1.29 is 22.4 Å². The number of aromatic nitrogens is 2. The van der Waals surface area contributed by atoms with Gasteiger partial charge in [0.25, 0.3) is 5.91 Å². The molecule has 0 atom stereocenters. The number of nitrogens with two attached hydrogens (primary N) is 1. The number of pyridine rings is 1. The fraction of sp³-hybridized carbons (Fsp3) is 0.0417. The van der Waals surface area contributed by atoms with Crippen molar-refractivity contribution in [3.8, 4) is 11.3 Å². The van der Waals surface area contributed by atoms with E-state index in [-0.39, 0.29) is 0 Å². The monoisotopic (exact) mass is 467 g/mol. The number of anilines is 1. The fourth-order valence-corrected chi connectivity index (χ4v) is 3.48.